The molecule has 0 bridgehead atoms. The second-order valence-electron chi connectivity index (χ2n) is 6.27. The van der Waals surface area contributed by atoms with Gasteiger partial charge in [0.1, 0.15) is 5.92 Å². The van der Waals surface area contributed by atoms with Gasteiger partial charge in [0.05, 0.1) is 5.69 Å². The molecule has 0 aliphatic heterocycles. The van der Waals surface area contributed by atoms with Gasteiger partial charge in [-0.1, -0.05) is 19.8 Å². The highest BCUT2D eigenvalue weighted by molar-refractivity contribution is 7.15. The number of fused-ring (bicyclic) bond motifs is 1. The second-order valence-corrected chi connectivity index (χ2v) is 7.33. The van der Waals surface area contributed by atoms with Crippen LogP contribution in [0.25, 0.3) is 0 Å². The molecule has 3 atom stereocenters. The molecular formula is C15H22N2O2S. The van der Waals surface area contributed by atoms with Gasteiger partial charge in [0, 0.05) is 18.0 Å². The molecule has 0 saturated heterocycles. The molecule has 3 rings (SSSR count). The lowest BCUT2D eigenvalue weighted by molar-refractivity contribution is -0.138. The maximum absolute atomic E-state index is 11.2. The van der Waals surface area contributed by atoms with Crippen molar-refractivity contribution in [2.45, 2.75) is 57.4 Å². The quantitative estimate of drug-likeness (QED) is 0.929. The molecule has 110 valence electrons. The third kappa shape index (κ3) is 2.43. The van der Waals surface area contributed by atoms with Crippen LogP contribution in [0.2, 0.25) is 0 Å². The van der Waals surface area contributed by atoms with E-state index in [-0.39, 0.29) is 5.92 Å². The number of aliphatic carboxylic acids is 1. The van der Waals surface area contributed by atoms with Crippen LogP contribution < -0.4 is 4.90 Å². The Bertz CT molecular complexity index is 514. The molecule has 3 unspecified atom stereocenters. The predicted molar refractivity (Wildman–Crippen MR) is 80.6 cm³/mol. The van der Waals surface area contributed by atoms with Gasteiger partial charge in [-0.2, -0.15) is 0 Å². The first-order valence-corrected chi connectivity index (χ1v) is 8.33. The second kappa shape index (κ2) is 5.35. The summed E-state index contributed by atoms with van der Waals surface area (Å²) in [7, 11) is 2.12. The molecule has 0 spiro atoms. The molecule has 1 heterocycles. The number of carbonyl (C=O) groups is 1. The molecule has 0 radical (unpaired) electrons. The van der Waals surface area contributed by atoms with Crippen LogP contribution in [0.5, 0.6) is 0 Å². The average molecular weight is 294 g/mol. The van der Waals surface area contributed by atoms with Crippen molar-refractivity contribution in [3.8, 4) is 0 Å². The Morgan fingerprint density at radius 2 is 2.20 bits per heavy atom. The van der Waals surface area contributed by atoms with Crippen LogP contribution in [-0.2, 0) is 11.2 Å². The first-order valence-electron chi connectivity index (χ1n) is 7.51. The minimum Gasteiger partial charge on any atom is -0.481 e. The van der Waals surface area contributed by atoms with E-state index in [4.69, 9.17) is 0 Å². The SMILES string of the molecule is CC1CCCC(N(C)c2nc3c(s2)CCC3C(=O)O)C1. The Labute approximate surface area is 123 Å². The number of carboxylic acid groups (broad SMARTS) is 1. The van der Waals surface area contributed by atoms with Crippen LogP contribution in [0.4, 0.5) is 5.13 Å². The van der Waals surface area contributed by atoms with E-state index in [1.54, 1.807) is 11.3 Å². The fourth-order valence-corrected chi connectivity index (χ4v) is 4.69. The molecule has 20 heavy (non-hydrogen) atoms. The smallest absolute Gasteiger partial charge is 0.312 e. The van der Waals surface area contributed by atoms with Gasteiger partial charge in [-0.3, -0.25) is 4.79 Å². The normalized spacial score (nSPS) is 29.2. The van der Waals surface area contributed by atoms with Crippen molar-refractivity contribution in [3.63, 3.8) is 0 Å². The number of hydrogen-bond donors (Lipinski definition) is 1. The number of hydrogen-bond acceptors (Lipinski definition) is 4. The number of carboxylic acids is 1. The van der Waals surface area contributed by atoms with Crippen molar-refractivity contribution in [1.29, 1.82) is 0 Å². The summed E-state index contributed by atoms with van der Waals surface area (Å²) >= 11 is 1.70. The van der Waals surface area contributed by atoms with Crippen LogP contribution in [0.1, 0.15) is 55.5 Å². The van der Waals surface area contributed by atoms with E-state index in [1.165, 1.54) is 30.6 Å². The molecular weight excluding hydrogens is 272 g/mol. The Morgan fingerprint density at radius 1 is 1.40 bits per heavy atom. The van der Waals surface area contributed by atoms with Crippen molar-refractivity contribution in [2.75, 3.05) is 11.9 Å². The summed E-state index contributed by atoms with van der Waals surface area (Å²) in [4.78, 5) is 19.4. The van der Waals surface area contributed by atoms with Gasteiger partial charge in [0.2, 0.25) is 0 Å². The molecule has 4 nitrogen and oxygen atoms in total. The number of rotatable bonds is 3. The summed E-state index contributed by atoms with van der Waals surface area (Å²) in [5.74, 6) is -0.321. The molecule has 1 aromatic heterocycles. The maximum atomic E-state index is 11.2. The highest BCUT2D eigenvalue weighted by Gasteiger charge is 2.34. The molecule has 1 N–H and O–H groups in total. The fraction of sp³-hybridized carbons (Fsp3) is 0.733. The van der Waals surface area contributed by atoms with Crippen LogP contribution in [0.15, 0.2) is 0 Å². The fourth-order valence-electron chi connectivity index (χ4n) is 3.52. The Hall–Kier alpha value is -1.10. The first-order chi connectivity index (χ1) is 9.56. The van der Waals surface area contributed by atoms with E-state index < -0.39 is 5.97 Å². The van der Waals surface area contributed by atoms with E-state index >= 15 is 0 Å². The number of nitrogens with zero attached hydrogens (tertiary/aromatic N) is 2. The van der Waals surface area contributed by atoms with E-state index in [9.17, 15) is 9.90 Å². The lowest BCUT2D eigenvalue weighted by atomic mass is 9.86. The van der Waals surface area contributed by atoms with E-state index in [1.807, 2.05) is 0 Å². The van der Waals surface area contributed by atoms with E-state index in [0.29, 0.717) is 12.5 Å². The summed E-state index contributed by atoms with van der Waals surface area (Å²) in [5, 5.41) is 10.3. The number of aromatic nitrogens is 1. The maximum Gasteiger partial charge on any atom is 0.312 e. The van der Waals surface area contributed by atoms with Crippen molar-refractivity contribution in [2.24, 2.45) is 5.92 Å². The Balaban J connectivity index is 1.78. The Kier molecular flexibility index (Phi) is 3.71. The number of aryl methyl sites for hydroxylation is 1. The topological polar surface area (TPSA) is 53.4 Å². The average Bonchev–Trinajstić information content (AvgIpc) is 2.96. The van der Waals surface area contributed by atoms with Crippen molar-refractivity contribution in [1.82, 2.24) is 4.98 Å². The molecule has 0 amide bonds. The zero-order valence-corrected chi connectivity index (χ0v) is 12.9. The molecule has 1 fully saturated rings. The summed E-state index contributed by atoms with van der Waals surface area (Å²) in [6.07, 6.45) is 6.67. The van der Waals surface area contributed by atoms with Gasteiger partial charge in [0.15, 0.2) is 5.13 Å². The van der Waals surface area contributed by atoms with Crippen LogP contribution in [0, 0.1) is 5.92 Å². The van der Waals surface area contributed by atoms with Crippen molar-refractivity contribution < 1.29 is 9.90 Å². The summed E-state index contributed by atoms with van der Waals surface area (Å²) < 4.78 is 0. The zero-order chi connectivity index (χ0) is 14.3. The van der Waals surface area contributed by atoms with Crippen LogP contribution in [-0.4, -0.2) is 29.1 Å². The van der Waals surface area contributed by atoms with Gasteiger partial charge < -0.3 is 10.0 Å². The van der Waals surface area contributed by atoms with Gasteiger partial charge in [-0.25, -0.2) is 4.98 Å². The summed E-state index contributed by atoms with van der Waals surface area (Å²) in [6.45, 7) is 2.32. The summed E-state index contributed by atoms with van der Waals surface area (Å²) in [5.41, 5.74) is 0.827. The van der Waals surface area contributed by atoms with Gasteiger partial charge >= 0.3 is 5.97 Å². The number of thiazole rings is 1. The number of anilines is 1. The highest BCUT2D eigenvalue weighted by Crippen LogP contribution is 2.40. The lowest BCUT2D eigenvalue weighted by Crippen LogP contribution is -2.35. The van der Waals surface area contributed by atoms with Crippen LogP contribution in [0.3, 0.4) is 0 Å². The third-order valence-corrected chi connectivity index (χ3v) is 5.98. The molecule has 1 saturated carbocycles. The van der Waals surface area contributed by atoms with Crippen molar-refractivity contribution in [3.05, 3.63) is 10.6 Å². The van der Waals surface area contributed by atoms with Gasteiger partial charge in [-0.15, -0.1) is 11.3 Å². The Morgan fingerprint density at radius 3 is 2.90 bits per heavy atom. The highest BCUT2D eigenvalue weighted by atomic mass is 32.1. The minimum atomic E-state index is -0.727. The largest absolute Gasteiger partial charge is 0.481 e. The van der Waals surface area contributed by atoms with Crippen LogP contribution >= 0.6 is 11.3 Å². The summed E-state index contributed by atoms with van der Waals surface area (Å²) in [6, 6.07) is 0.563. The van der Waals surface area contributed by atoms with E-state index in [2.05, 4.69) is 23.9 Å². The minimum absolute atomic E-state index is 0.381. The molecule has 2 aliphatic carbocycles. The third-order valence-electron chi connectivity index (χ3n) is 4.76. The van der Waals surface area contributed by atoms with Gasteiger partial charge in [0.25, 0.3) is 0 Å². The van der Waals surface area contributed by atoms with Gasteiger partial charge in [-0.05, 0) is 31.6 Å². The lowest BCUT2D eigenvalue weighted by Gasteiger charge is -2.34. The predicted octanol–water partition coefficient (Wildman–Crippen LogP) is 3.27. The molecule has 0 aromatic carbocycles. The zero-order valence-electron chi connectivity index (χ0n) is 12.1. The van der Waals surface area contributed by atoms with Crippen molar-refractivity contribution >= 4 is 22.4 Å². The molecule has 1 aromatic rings. The standard InChI is InChI=1S/C15H22N2O2S/c1-9-4-3-5-10(8-9)17(2)15-16-13-11(14(18)19)6-7-12(13)20-15/h9-11H,3-8H2,1-2H3,(H,18,19). The monoisotopic (exact) mass is 294 g/mol. The molecule has 5 heteroatoms. The molecule has 2 aliphatic rings. The first kappa shape index (κ1) is 13.9. The van der Waals surface area contributed by atoms with E-state index in [0.717, 1.165) is 23.2 Å².